The summed E-state index contributed by atoms with van der Waals surface area (Å²) >= 11 is 6.14. The number of rotatable bonds is 8. The molecule has 4 nitrogen and oxygen atoms in total. The first-order valence-electron chi connectivity index (χ1n) is 11.0. The third-order valence-electron chi connectivity index (χ3n) is 5.65. The summed E-state index contributed by atoms with van der Waals surface area (Å²) in [5, 5.41) is 0.763. The number of hydrogen-bond donors (Lipinski definition) is 0. The van der Waals surface area contributed by atoms with Gasteiger partial charge in [0, 0.05) is 49.0 Å². The Labute approximate surface area is 185 Å². The fourth-order valence-corrected chi connectivity index (χ4v) is 3.88. The standard InChI is InChI=1S/C25H33ClN2O2/c1-4-5-15-30-24-16-20(19(2)3)9-10-21(25(24)29)18-27-11-13-28(14-12-27)23-8-6-7-22(26)17-23/h6-10,16-17,19H,4-5,11-15,18H2,1-3H3. The summed E-state index contributed by atoms with van der Waals surface area (Å²) in [6.07, 6.45) is 2.00. The second-order valence-electron chi connectivity index (χ2n) is 8.30. The van der Waals surface area contributed by atoms with Crippen molar-refractivity contribution in [3.8, 4) is 5.75 Å². The molecule has 0 aliphatic carbocycles. The summed E-state index contributed by atoms with van der Waals surface area (Å²) in [5.41, 5.74) is 3.13. The Morgan fingerprint density at radius 1 is 1.07 bits per heavy atom. The van der Waals surface area contributed by atoms with Gasteiger partial charge in [0.25, 0.3) is 0 Å². The fourth-order valence-electron chi connectivity index (χ4n) is 3.69. The number of anilines is 1. The van der Waals surface area contributed by atoms with Crippen LogP contribution in [0.5, 0.6) is 5.75 Å². The van der Waals surface area contributed by atoms with Crippen LogP contribution in [0.4, 0.5) is 5.69 Å². The topological polar surface area (TPSA) is 32.8 Å². The number of halogens is 1. The van der Waals surface area contributed by atoms with E-state index < -0.39 is 0 Å². The first-order valence-corrected chi connectivity index (χ1v) is 11.4. The average molecular weight is 429 g/mol. The third-order valence-corrected chi connectivity index (χ3v) is 5.89. The van der Waals surface area contributed by atoms with E-state index in [0.29, 0.717) is 24.8 Å². The van der Waals surface area contributed by atoms with Crippen molar-refractivity contribution < 1.29 is 4.74 Å². The molecule has 30 heavy (non-hydrogen) atoms. The van der Waals surface area contributed by atoms with E-state index in [1.807, 2.05) is 30.3 Å². The number of piperazine rings is 1. The molecule has 0 unspecified atom stereocenters. The van der Waals surface area contributed by atoms with Crippen molar-refractivity contribution >= 4 is 17.3 Å². The summed E-state index contributed by atoms with van der Waals surface area (Å²) in [6.45, 7) is 11.3. The monoisotopic (exact) mass is 428 g/mol. The van der Waals surface area contributed by atoms with Gasteiger partial charge in [-0.2, -0.15) is 0 Å². The van der Waals surface area contributed by atoms with Crippen LogP contribution < -0.4 is 15.1 Å². The molecular formula is C25H33ClN2O2. The summed E-state index contributed by atoms with van der Waals surface area (Å²) < 4.78 is 5.89. The molecule has 162 valence electrons. The molecule has 2 aromatic carbocycles. The molecule has 1 heterocycles. The third kappa shape index (κ3) is 5.99. The Kier molecular flexibility index (Phi) is 8.17. The van der Waals surface area contributed by atoms with Gasteiger partial charge in [-0.3, -0.25) is 9.69 Å². The Bertz CT molecular complexity index is 892. The highest BCUT2D eigenvalue weighted by Gasteiger charge is 2.19. The maximum Gasteiger partial charge on any atom is 0.224 e. The van der Waals surface area contributed by atoms with Crippen molar-refractivity contribution in [2.45, 2.75) is 46.1 Å². The first kappa shape index (κ1) is 22.6. The molecule has 0 aromatic heterocycles. The van der Waals surface area contributed by atoms with Crippen LogP contribution in [-0.2, 0) is 6.54 Å². The van der Waals surface area contributed by atoms with Gasteiger partial charge in [-0.25, -0.2) is 0 Å². The lowest BCUT2D eigenvalue weighted by atomic mass is 10.1. The Morgan fingerprint density at radius 2 is 1.83 bits per heavy atom. The first-order chi connectivity index (χ1) is 14.5. The highest BCUT2D eigenvalue weighted by Crippen LogP contribution is 2.22. The number of unbranched alkanes of at least 4 members (excludes halogenated alkanes) is 1. The van der Waals surface area contributed by atoms with Gasteiger partial charge >= 0.3 is 0 Å². The van der Waals surface area contributed by atoms with Crippen LogP contribution in [0, 0.1) is 0 Å². The number of benzene rings is 1. The van der Waals surface area contributed by atoms with E-state index in [9.17, 15) is 4.79 Å². The Hall–Kier alpha value is -2.04. The molecule has 0 atom stereocenters. The van der Waals surface area contributed by atoms with Crippen molar-refractivity contribution in [1.29, 1.82) is 0 Å². The Balaban J connectivity index is 1.72. The van der Waals surface area contributed by atoms with Crippen LogP contribution in [-0.4, -0.2) is 37.7 Å². The minimum Gasteiger partial charge on any atom is -0.489 e. The maximum absolute atomic E-state index is 13.2. The van der Waals surface area contributed by atoms with Crippen LogP contribution in [0.3, 0.4) is 0 Å². The molecule has 0 saturated carbocycles. The molecule has 5 heteroatoms. The van der Waals surface area contributed by atoms with E-state index in [4.69, 9.17) is 16.3 Å². The van der Waals surface area contributed by atoms with Crippen LogP contribution in [0.25, 0.3) is 0 Å². The van der Waals surface area contributed by atoms with Crippen molar-refractivity contribution in [2.75, 3.05) is 37.7 Å². The molecule has 0 radical (unpaired) electrons. The van der Waals surface area contributed by atoms with Gasteiger partial charge in [0.15, 0.2) is 5.75 Å². The molecule has 3 rings (SSSR count). The quantitative estimate of drug-likeness (QED) is 0.532. The van der Waals surface area contributed by atoms with Crippen molar-refractivity contribution in [1.82, 2.24) is 4.90 Å². The molecule has 0 amide bonds. The van der Waals surface area contributed by atoms with E-state index in [-0.39, 0.29) is 5.43 Å². The van der Waals surface area contributed by atoms with Gasteiger partial charge < -0.3 is 9.64 Å². The molecule has 0 spiro atoms. The van der Waals surface area contributed by atoms with Gasteiger partial charge in [-0.1, -0.05) is 57.0 Å². The summed E-state index contributed by atoms with van der Waals surface area (Å²) in [6, 6.07) is 14.0. The highest BCUT2D eigenvalue weighted by molar-refractivity contribution is 6.30. The zero-order chi connectivity index (χ0) is 21.5. The molecule has 1 saturated heterocycles. The largest absolute Gasteiger partial charge is 0.489 e. The van der Waals surface area contributed by atoms with Crippen molar-refractivity contribution in [3.05, 3.63) is 68.8 Å². The van der Waals surface area contributed by atoms with Gasteiger partial charge in [0.2, 0.25) is 5.43 Å². The molecule has 1 fully saturated rings. The lowest BCUT2D eigenvalue weighted by Gasteiger charge is -2.36. The zero-order valence-electron chi connectivity index (χ0n) is 18.4. The van der Waals surface area contributed by atoms with Crippen LogP contribution in [0.1, 0.15) is 50.7 Å². The molecule has 1 aliphatic heterocycles. The predicted molar refractivity (Wildman–Crippen MR) is 126 cm³/mol. The summed E-state index contributed by atoms with van der Waals surface area (Å²) in [5.74, 6) is 0.837. The molecule has 0 N–H and O–H groups in total. The van der Waals surface area contributed by atoms with E-state index in [1.165, 1.54) is 0 Å². The Morgan fingerprint density at radius 3 is 2.50 bits per heavy atom. The summed E-state index contributed by atoms with van der Waals surface area (Å²) in [4.78, 5) is 17.9. The zero-order valence-corrected chi connectivity index (χ0v) is 19.1. The number of hydrogen-bond acceptors (Lipinski definition) is 4. The molecule has 1 aliphatic rings. The normalized spacial score (nSPS) is 14.9. The molecule has 0 bridgehead atoms. The number of ether oxygens (including phenoxy) is 1. The lowest BCUT2D eigenvalue weighted by molar-refractivity contribution is 0.248. The van der Waals surface area contributed by atoms with Gasteiger partial charge in [0.1, 0.15) is 0 Å². The van der Waals surface area contributed by atoms with E-state index in [0.717, 1.165) is 60.9 Å². The average Bonchev–Trinajstić information content (AvgIpc) is 2.89. The second kappa shape index (κ2) is 10.8. The van der Waals surface area contributed by atoms with Crippen LogP contribution >= 0.6 is 11.6 Å². The van der Waals surface area contributed by atoms with Gasteiger partial charge in [0.05, 0.1) is 6.61 Å². The van der Waals surface area contributed by atoms with Crippen molar-refractivity contribution in [2.24, 2.45) is 0 Å². The molecule has 2 aromatic rings. The SMILES string of the molecule is CCCCOc1cc(C(C)C)ccc(CN2CCN(c3cccc(Cl)c3)CC2)c1=O. The van der Waals surface area contributed by atoms with E-state index in [2.05, 4.69) is 42.7 Å². The predicted octanol–water partition coefficient (Wildman–Crippen LogP) is 5.32. The molecular weight excluding hydrogens is 396 g/mol. The minimum atomic E-state index is 0.0234. The van der Waals surface area contributed by atoms with Crippen molar-refractivity contribution in [3.63, 3.8) is 0 Å². The fraction of sp³-hybridized carbons (Fsp3) is 0.480. The smallest absolute Gasteiger partial charge is 0.224 e. The highest BCUT2D eigenvalue weighted by atomic mass is 35.5. The van der Waals surface area contributed by atoms with Gasteiger partial charge in [-0.05, 0) is 42.2 Å². The van der Waals surface area contributed by atoms with Gasteiger partial charge in [-0.15, -0.1) is 0 Å². The van der Waals surface area contributed by atoms with Crippen LogP contribution in [0.15, 0.2) is 47.3 Å². The van der Waals surface area contributed by atoms with E-state index in [1.54, 1.807) is 0 Å². The number of nitrogens with zero attached hydrogens (tertiary/aromatic N) is 2. The second-order valence-corrected chi connectivity index (χ2v) is 8.73. The van der Waals surface area contributed by atoms with Crippen LogP contribution in [0.2, 0.25) is 5.02 Å². The summed E-state index contributed by atoms with van der Waals surface area (Å²) in [7, 11) is 0. The lowest BCUT2D eigenvalue weighted by Crippen LogP contribution is -2.46. The minimum absolute atomic E-state index is 0.0234. The maximum atomic E-state index is 13.2. The van der Waals surface area contributed by atoms with E-state index >= 15 is 0 Å².